The monoisotopic (exact) mass is 416 g/mol. The van der Waals surface area contributed by atoms with Crippen molar-refractivity contribution >= 4 is 56.9 Å². The van der Waals surface area contributed by atoms with E-state index in [0.717, 1.165) is 12.7 Å². The molecule has 0 aliphatic rings. The Kier molecular flexibility index (Phi) is 4.30. The number of hydrogen-bond donors (Lipinski definition) is 1. The Morgan fingerprint density at radius 2 is 1.93 bits per heavy atom. The second-order valence-electron chi connectivity index (χ2n) is 2.62. The van der Waals surface area contributed by atoms with Gasteiger partial charge in [-0.05, 0) is 56.8 Å². The first-order chi connectivity index (χ1) is 6.52. The Morgan fingerprint density at radius 3 is 2.50 bits per heavy atom. The van der Waals surface area contributed by atoms with Crippen molar-refractivity contribution in [2.75, 3.05) is 0 Å². The van der Waals surface area contributed by atoms with E-state index in [9.17, 15) is 9.59 Å². The molecule has 0 saturated heterocycles. The van der Waals surface area contributed by atoms with Crippen LogP contribution in [0.4, 0.5) is 0 Å². The van der Waals surface area contributed by atoms with Gasteiger partial charge in [-0.25, -0.2) is 4.79 Å². The number of carbonyl (C=O) groups excluding carboxylic acids is 1. The summed E-state index contributed by atoms with van der Waals surface area (Å²) in [6.07, 6.45) is -0.0373. The Bertz CT molecular complexity index is 388. The van der Waals surface area contributed by atoms with Crippen LogP contribution in [0.25, 0.3) is 0 Å². The van der Waals surface area contributed by atoms with E-state index in [1.165, 1.54) is 0 Å². The summed E-state index contributed by atoms with van der Waals surface area (Å²) in [5, 5.41) is 8.45. The molecule has 1 rings (SSSR count). The minimum atomic E-state index is -1.38. The molecule has 0 heterocycles. The average molecular weight is 416 g/mol. The first kappa shape index (κ1) is 11.9. The number of hydrogen-bond acceptors (Lipinski definition) is 2. The largest absolute Gasteiger partial charge is 0.475 e. The molecule has 0 radical (unpaired) electrons. The second kappa shape index (κ2) is 5.06. The third-order valence-corrected chi connectivity index (χ3v) is 4.83. The van der Waals surface area contributed by atoms with Crippen LogP contribution < -0.4 is 0 Å². The van der Waals surface area contributed by atoms with Gasteiger partial charge in [-0.15, -0.1) is 0 Å². The standard InChI is InChI=1S/C9H6I2O3/c10-6-3-1-2-5(8(6)11)4-7(12)9(13)14/h1-3H,4H2,(H,13,14). The molecule has 1 aromatic rings. The smallest absolute Gasteiger partial charge is 0.372 e. The zero-order valence-electron chi connectivity index (χ0n) is 6.96. The summed E-state index contributed by atoms with van der Waals surface area (Å²) in [4.78, 5) is 21.3. The van der Waals surface area contributed by atoms with E-state index >= 15 is 0 Å². The zero-order chi connectivity index (χ0) is 10.7. The Balaban J connectivity index is 2.93. The Labute approximate surface area is 108 Å². The van der Waals surface area contributed by atoms with E-state index in [0.29, 0.717) is 0 Å². The van der Waals surface area contributed by atoms with Crippen molar-refractivity contribution in [3.63, 3.8) is 0 Å². The van der Waals surface area contributed by atoms with Crippen molar-refractivity contribution in [2.24, 2.45) is 0 Å². The highest BCUT2D eigenvalue weighted by molar-refractivity contribution is 14.1. The molecule has 74 valence electrons. The van der Waals surface area contributed by atoms with Crippen molar-refractivity contribution in [1.82, 2.24) is 0 Å². The van der Waals surface area contributed by atoms with E-state index in [4.69, 9.17) is 5.11 Å². The molecule has 0 saturated carbocycles. The Morgan fingerprint density at radius 1 is 1.29 bits per heavy atom. The summed E-state index contributed by atoms with van der Waals surface area (Å²) in [5.74, 6) is -2.15. The topological polar surface area (TPSA) is 54.4 Å². The first-order valence-corrected chi connectivity index (χ1v) is 5.87. The average Bonchev–Trinajstić information content (AvgIpc) is 2.12. The number of benzene rings is 1. The minimum Gasteiger partial charge on any atom is -0.475 e. The van der Waals surface area contributed by atoms with Gasteiger partial charge >= 0.3 is 5.97 Å². The SMILES string of the molecule is O=C(O)C(=O)Cc1cccc(I)c1I. The molecule has 0 spiro atoms. The number of aliphatic carboxylic acids is 1. The molecule has 1 N–H and O–H groups in total. The molecular weight excluding hydrogens is 410 g/mol. The van der Waals surface area contributed by atoms with Crippen LogP contribution in [-0.4, -0.2) is 16.9 Å². The maximum absolute atomic E-state index is 11.0. The number of carboxylic acid groups (broad SMARTS) is 1. The normalized spacial score (nSPS) is 9.86. The van der Waals surface area contributed by atoms with Crippen LogP contribution in [-0.2, 0) is 16.0 Å². The van der Waals surface area contributed by atoms with Crippen LogP contribution in [0.15, 0.2) is 18.2 Å². The van der Waals surface area contributed by atoms with Crippen molar-refractivity contribution in [2.45, 2.75) is 6.42 Å². The molecule has 1 aromatic carbocycles. The quantitative estimate of drug-likeness (QED) is 0.607. The van der Waals surface area contributed by atoms with Crippen LogP contribution in [0.1, 0.15) is 5.56 Å². The van der Waals surface area contributed by atoms with Gasteiger partial charge in [0.05, 0.1) is 0 Å². The van der Waals surface area contributed by atoms with Crippen LogP contribution in [0, 0.1) is 7.14 Å². The van der Waals surface area contributed by atoms with E-state index in [1.54, 1.807) is 6.07 Å². The molecule has 5 heteroatoms. The molecular formula is C9H6I2O3. The van der Waals surface area contributed by atoms with Gasteiger partial charge in [0, 0.05) is 13.6 Å². The Hall–Kier alpha value is -0.180. The van der Waals surface area contributed by atoms with Gasteiger partial charge in [-0.1, -0.05) is 12.1 Å². The molecule has 14 heavy (non-hydrogen) atoms. The van der Waals surface area contributed by atoms with E-state index in [1.807, 2.05) is 12.1 Å². The first-order valence-electron chi connectivity index (χ1n) is 3.71. The molecule has 0 atom stereocenters. The lowest BCUT2D eigenvalue weighted by Gasteiger charge is -2.03. The second-order valence-corrected chi connectivity index (χ2v) is 4.86. The fraction of sp³-hybridized carbons (Fsp3) is 0.111. The fourth-order valence-electron chi connectivity index (χ4n) is 0.934. The number of ketones is 1. The van der Waals surface area contributed by atoms with Crippen molar-refractivity contribution in [3.05, 3.63) is 30.9 Å². The maximum Gasteiger partial charge on any atom is 0.372 e. The van der Waals surface area contributed by atoms with E-state index in [-0.39, 0.29) is 6.42 Å². The van der Waals surface area contributed by atoms with Gasteiger partial charge in [0.25, 0.3) is 0 Å². The van der Waals surface area contributed by atoms with Gasteiger partial charge in [0.15, 0.2) is 0 Å². The van der Waals surface area contributed by atoms with Gasteiger partial charge in [0.1, 0.15) is 0 Å². The molecule has 0 aliphatic carbocycles. The highest BCUT2D eigenvalue weighted by atomic mass is 127. The number of rotatable bonds is 3. The summed E-state index contributed by atoms with van der Waals surface area (Å²) in [6, 6.07) is 5.50. The number of Topliss-reactive ketones (excluding diaryl/α,β-unsaturated/α-hetero) is 1. The molecule has 0 unspecified atom stereocenters. The third kappa shape index (κ3) is 2.91. The zero-order valence-corrected chi connectivity index (χ0v) is 11.3. The molecule has 0 aliphatic heterocycles. The summed E-state index contributed by atoms with van der Waals surface area (Å²) in [7, 11) is 0. The predicted octanol–water partition coefficient (Wildman–Crippen LogP) is 2.09. The summed E-state index contributed by atoms with van der Waals surface area (Å²) in [6.45, 7) is 0. The minimum absolute atomic E-state index is 0.0373. The highest BCUT2D eigenvalue weighted by Gasteiger charge is 2.14. The number of carbonyl (C=O) groups is 2. The molecule has 0 amide bonds. The molecule has 0 fully saturated rings. The van der Waals surface area contributed by atoms with E-state index < -0.39 is 11.8 Å². The predicted molar refractivity (Wildman–Crippen MR) is 68.2 cm³/mol. The lowest BCUT2D eigenvalue weighted by Crippen LogP contribution is -2.15. The van der Waals surface area contributed by atoms with Gasteiger partial charge in [-0.3, -0.25) is 4.79 Å². The van der Waals surface area contributed by atoms with Crippen molar-refractivity contribution in [3.8, 4) is 0 Å². The summed E-state index contributed by atoms with van der Waals surface area (Å²) >= 11 is 4.26. The molecule has 0 aromatic heterocycles. The van der Waals surface area contributed by atoms with Crippen LogP contribution >= 0.6 is 45.2 Å². The number of carboxylic acids is 1. The van der Waals surface area contributed by atoms with Gasteiger partial charge < -0.3 is 5.11 Å². The van der Waals surface area contributed by atoms with Crippen LogP contribution in [0.2, 0.25) is 0 Å². The van der Waals surface area contributed by atoms with Gasteiger partial charge in [-0.2, -0.15) is 0 Å². The highest BCUT2D eigenvalue weighted by Crippen LogP contribution is 2.19. The lowest BCUT2D eigenvalue weighted by atomic mass is 10.1. The summed E-state index contributed by atoms with van der Waals surface area (Å²) < 4.78 is 1.97. The van der Waals surface area contributed by atoms with Crippen LogP contribution in [0.5, 0.6) is 0 Å². The van der Waals surface area contributed by atoms with Gasteiger partial charge in [0.2, 0.25) is 5.78 Å². The molecule has 0 bridgehead atoms. The number of halogens is 2. The lowest BCUT2D eigenvalue weighted by molar-refractivity contribution is -0.148. The maximum atomic E-state index is 11.0. The van der Waals surface area contributed by atoms with Crippen LogP contribution in [0.3, 0.4) is 0 Å². The third-order valence-electron chi connectivity index (χ3n) is 1.62. The fourth-order valence-corrected chi connectivity index (χ4v) is 2.04. The summed E-state index contributed by atoms with van der Waals surface area (Å²) in [5.41, 5.74) is 0.768. The van der Waals surface area contributed by atoms with Crippen molar-refractivity contribution in [1.29, 1.82) is 0 Å². The van der Waals surface area contributed by atoms with E-state index in [2.05, 4.69) is 45.2 Å². The molecule has 3 nitrogen and oxygen atoms in total. The van der Waals surface area contributed by atoms with Crippen molar-refractivity contribution < 1.29 is 14.7 Å².